The molecule has 1 atom stereocenters. The Morgan fingerprint density at radius 2 is 2.00 bits per heavy atom. The fourth-order valence-electron chi connectivity index (χ4n) is 2.71. The van der Waals surface area contributed by atoms with Crippen LogP contribution >= 0.6 is 0 Å². The number of carbonyl (C=O) groups is 1. The Morgan fingerprint density at radius 1 is 1.37 bits per heavy atom. The van der Waals surface area contributed by atoms with Gasteiger partial charge in [0.25, 0.3) is 0 Å². The summed E-state index contributed by atoms with van der Waals surface area (Å²) in [7, 11) is 0. The van der Waals surface area contributed by atoms with Gasteiger partial charge in [0, 0.05) is 13.2 Å². The van der Waals surface area contributed by atoms with Gasteiger partial charge in [0.05, 0.1) is 6.04 Å². The molecule has 0 aliphatic carbocycles. The van der Waals surface area contributed by atoms with E-state index in [4.69, 9.17) is 0 Å². The van der Waals surface area contributed by atoms with E-state index in [9.17, 15) is 9.90 Å². The van der Waals surface area contributed by atoms with Crippen molar-refractivity contribution in [3.63, 3.8) is 0 Å². The molecular formula is C15H30N2O2. The number of carbonyl (C=O) groups excluding carboxylic acids is 1. The van der Waals surface area contributed by atoms with Crippen molar-refractivity contribution >= 4 is 5.91 Å². The van der Waals surface area contributed by atoms with Gasteiger partial charge in [-0.2, -0.15) is 0 Å². The van der Waals surface area contributed by atoms with Crippen molar-refractivity contribution in [2.75, 3.05) is 26.2 Å². The Kier molecular flexibility index (Phi) is 6.80. The molecule has 1 rings (SSSR count). The van der Waals surface area contributed by atoms with Gasteiger partial charge >= 0.3 is 0 Å². The van der Waals surface area contributed by atoms with E-state index < -0.39 is 0 Å². The molecule has 1 fully saturated rings. The highest BCUT2D eigenvalue weighted by atomic mass is 16.3. The normalized spacial score (nSPS) is 21.1. The Hall–Kier alpha value is -0.610. The van der Waals surface area contributed by atoms with Gasteiger partial charge in [-0.25, -0.2) is 0 Å². The van der Waals surface area contributed by atoms with Gasteiger partial charge in [-0.15, -0.1) is 0 Å². The molecule has 0 aromatic heterocycles. The fourth-order valence-corrected chi connectivity index (χ4v) is 2.71. The van der Waals surface area contributed by atoms with E-state index in [2.05, 4.69) is 24.1 Å². The third-order valence-corrected chi connectivity index (χ3v) is 4.70. The lowest BCUT2D eigenvalue weighted by Crippen LogP contribution is -2.51. The van der Waals surface area contributed by atoms with E-state index in [0.29, 0.717) is 0 Å². The summed E-state index contributed by atoms with van der Waals surface area (Å²) >= 11 is 0. The van der Waals surface area contributed by atoms with Crippen LogP contribution < -0.4 is 5.32 Å². The summed E-state index contributed by atoms with van der Waals surface area (Å²) in [6.45, 7) is 9.14. The maximum absolute atomic E-state index is 12.0. The topological polar surface area (TPSA) is 52.6 Å². The minimum atomic E-state index is -0.0506. The highest BCUT2D eigenvalue weighted by molar-refractivity contribution is 5.81. The highest BCUT2D eigenvalue weighted by Gasteiger charge is 2.34. The zero-order valence-corrected chi connectivity index (χ0v) is 12.7. The summed E-state index contributed by atoms with van der Waals surface area (Å²) in [4.78, 5) is 14.3. The third kappa shape index (κ3) is 4.46. The first kappa shape index (κ1) is 16.4. The quantitative estimate of drug-likeness (QED) is 0.693. The predicted molar refractivity (Wildman–Crippen MR) is 78.0 cm³/mol. The second-order valence-electron chi connectivity index (χ2n) is 5.87. The lowest BCUT2D eigenvalue weighted by Gasteiger charge is -2.42. The number of amides is 1. The van der Waals surface area contributed by atoms with Crippen LogP contribution in [0, 0.1) is 5.41 Å². The van der Waals surface area contributed by atoms with Gasteiger partial charge in [0.1, 0.15) is 0 Å². The van der Waals surface area contributed by atoms with Gasteiger partial charge in [-0.05, 0) is 51.1 Å². The van der Waals surface area contributed by atoms with E-state index in [0.717, 1.165) is 51.7 Å². The van der Waals surface area contributed by atoms with Gasteiger partial charge in [-0.1, -0.05) is 20.3 Å². The number of likely N-dealkylation sites (tertiary alicyclic amines) is 1. The molecule has 0 aromatic carbocycles. The van der Waals surface area contributed by atoms with Crippen LogP contribution in [0.5, 0.6) is 0 Å². The number of hydrogen-bond acceptors (Lipinski definition) is 3. The van der Waals surface area contributed by atoms with Gasteiger partial charge < -0.3 is 10.4 Å². The number of aliphatic hydroxyl groups excluding tert-OH is 1. The number of hydrogen-bond donors (Lipinski definition) is 2. The minimum absolute atomic E-state index is 0.0506. The van der Waals surface area contributed by atoms with Crippen LogP contribution in [0.3, 0.4) is 0 Å². The standard InChI is InChI=1S/C15H30N2O2/c1-4-6-9-16-14(19)13(3)17-10-7-15(5-2,12-18)8-11-17/h13,18H,4-12H2,1-3H3,(H,16,19). The van der Waals surface area contributed by atoms with E-state index >= 15 is 0 Å². The Bertz CT molecular complexity index is 267. The molecule has 1 aliphatic rings. The van der Waals surface area contributed by atoms with Crippen molar-refractivity contribution in [3.05, 3.63) is 0 Å². The molecule has 1 heterocycles. The first-order valence-electron chi connectivity index (χ1n) is 7.71. The van der Waals surface area contributed by atoms with Crippen molar-refractivity contribution in [1.29, 1.82) is 0 Å². The number of unbranched alkanes of at least 4 members (excludes halogenated alkanes) is 1. The van der Waals surface area contributed by atoms with Gasteiger partial charge in [0.15, 0.2) is 0 Å². The molecule has 0 radical (unpaired) electrons. The maximum atomic E-state index is 12.0. The van der Waals surface area contributed by atoms with Crippen LogP contribution in [-0.4, -0.2) is 48.2 Å². The average Bonchev–Trinajstić information content (AvgIpc) is 2.46. The van der Waals surface area contributed by atoms with Crippen molar-refractivity contribution < 1.29 is 9.90 Å². The summed E-state index contributed by atoms with van der Waals surface area (Å²) in [6.07, 6.45) is 5.16. The second-order valence-corrected chi connectivity index (χ2v) is 5.87. The number of rotatable bonds is 7. The van der Waals surface area contributed by atoms with E-state index in [1.807, 2.05) is 6.92 Å². The first-order chi connectivity index (χ1) is 9.08. The van der Waals surface area contributed by atoms with Crippen LogP contribution in [0.2, 0.25) is 0 Å². The van der Waals surface area contributed by atoms with Gasteiger partial charge in [-0.3, -0.25) is 9.69 Å². The minimum Gasteiger partial charge on any atom is -0.396 e. The number of piperidine rings is 1. The lowest BCUT2D eigenvalue weighted by molar-refractivity contribution is -0.127. The summed E-state index contributed by atoms with van der Waals surface area (Å²) in [5, 5.41) is 12.5. The number of nitrogens with zero attached hydrogens (tertiary/aromatic N) is 1. The van der Waals surface area contributed by atoms with Crippen LogP contribution in [0.4, 0.5) is 0 Å². The van der Waals surface area contributed by atoms with E-state index in [1.165, 1.54) is 0 Å². The molecule has 1 saturated heterocycles. The SMILES string of the molecule is CCCCNC(=O)C(C)N1CCC(CC)(CO)CC1. The number of nitrogens with one attached hydrogen (secondary N) is 1. The van der Waals surface area contributed by atoms with Crippen molar-refractivity contribution in [1.82, 2.24) is 10.2 Å². The molecular weight excluding hydrogens is 240 g/mol. The molecule has 0 spiro atoms. The van der Waals surface area contributed by atoms with Crippen molar-refractivity contribution in [3.8, 4) is 0 Å². The second kappa shape index (κ2) is 7.85. The molecule has 1 aliphatic heterocycles. The van der Waals surface area contributed by atoms with Gasteiger partial charge in [0.2, 0.25) is 5.91 Å². The molecule has 19 heavy (non-hydrogen) atoms. The van der Waals surface area contributed by atoms with Crippen LogP contribution in [0.25, 0.3) is 0 Å². The van der Waals surface area contributed by atoms with Crippen LogP contribution in [-0.2, 0) is 4.79 Å². The molecule has 4 nitrogen and oxygen atoms in total. The summed E-state index contributed by atoms with van der Waals surface area (Å²) in [6, 6.07) is -0.0506. The zero-order chi connectivity index (χ0) is 14.3. The Balaban J connectivity index is 2.39. The molecule has 1 amide bonds. The largest absolute Gasteiger partial charge is 0.396 e. The summed E-state index contributed by atoms with van der Waals surface area (Å²) < 4.78 is 0. The zero-order valence-electron chi connectivity index (χ0n) is 12.7. The maximum Gasteiger partial charge on any atom is 0.237 e. The third-order valence-electron chi connectivity index (χ3n) is 4.70. The summed E-state index contributed by atoms with van der Waals surface area (Å²) in [5.41, 5.74) is 0.0922. The lowest BCUT2D eigenvalue weighted by atomic mass is 9.76. The van der Waals surface area contributed by atoms with Crippen LogP contribution in [0.1, 0.15) is 52.9 Å². The average molecular weight is 270 g/mol. The Morgan fingerprint density at radius 3 is 2.47 bits per heavy atom. The van der Waals surface area contributed by atoms with E-state index in [-0.39, 0.29) is 24.0 Å². The molecule has 0 aromatic rings. The number of aliphatic hydroxyl groups is 1. The molecule has 1 unspecified atom stereocenters. The smallest absolute Gasteiger partial charge is 0.237 e. The monoisotopic (exact) mass is 270 g/mol. The predicted octanol–water partition coefficient (Wildman–Crippen LogP) is 1.78. The highest BCUT2D eigenvalue weighted by Crippen LogP contribution is 2.34. The molecule has 4 heteroatoms. The Labute approximate surface area is 117 Å². The molecule has 0 saturated carbocycles. The van der Waals surface area contributed by atoms with Crippen molar-refractivity contribution in [2.24, 2.45) is 5.41 Å². The molecule has 112 valence electrons. The molecule has 0 bridgehead atoms. The van der Waals surface area contributed by atoms with Crippen molar-refractivity contribution in [2.45, 2.75) is 58.9 Å². The fraction of sp³-hybridized carbons (Fsp3) is 0.933. The van der Waals surface area contributed by atoms with Crippen LogP contribution in [0.15, 0.2) is 0 Å². The van der Waals surface area contributed by atoms with E-state index in [1.54, 1.807) is 0 Å². The molecule has 2 N–H and O–H groups in total. The summed E-state index contributed by atoms with van der Waals surface area (Å²) in [5.74, 6) is 0.140. The first-order valence-corrected chi connectivity index (χ1v) is 7.71.